The van der Waals surface area contributed by atoms with E-state index < -0.39 is 0 Å². The molecule has 0 unspecified atom stereocenters. The molecule has 0 aliphatic carbocycles. The van der Waals surface area contributed by atoms with Crippen LogP contribution in [0.25, 0.3) is 0 Å². The second-order valence-electron chi connectivity index (χ2n) is 6.68. The minimum absolute atomic E-state index is 0.000344. The first-order chi connectivity index (χ1) is 13.0. The normalized spacial score (nSPS) is 16.1. The van der Waals surface area contributed by atoms with E-state index in [1.54, 1.807) is 35.2 Å². The number of hydrogen-bond acceptors (Lipinski definition) is 3. The van der Waals surface area contributed by atoms with Gasteiger partial charge in [0.05, 0.1) is 11.3 Å². The van der Waals surface area contributed by atoms with E-state index in [4.69, 9.17) is 11.6 Å². The van der Waals surface area contributed by atoms with Gasteiger partial charge < -0.3 is 15.5 Å². The zero-order valence-electron chi connectivity index (χ0n) is 14.5. The smallest absolute Gasteiger partial charge is 0.257 e. The molecule has 0 atom stereocenters. The molecule has 3 amide bonds. The van der Waals surface area contributed by atoms with Crippen molar-refractivity contribution < 1.29 is 14.4 Å². The van der Waals surface area contributed by atoms with Gasteiger partial charge >= 0.3 is 0 Å². The molecular formula is C20H18ClN3O3. The number of aryl methyl sites for hydroxylation is 1. The highest BCUT2D eigenvalue weighted by Crippen LogP contribution is 2.30. The minimum atomic E-state index is -0.304. The zero-order valence-corrected chi connectivity index (χ0v) is 15.3. The number of fused-ring (bicyclic) bond motifs is 1. The first-order valence-corrected chi connectivity index (χ1v) is 9.23. The molecule has 1 saturated heterocycles. The number of benzene rings is 2. The maximum absolute atomic E-state index is 12.9. The molecule has 2 aromatic carbocycles. The monoisotopic (exact) mass is 383 g/mol. The van der Waals surface area contributed by atoms with Gasteiger partial charge in [-0.15, -0.1) is 0 Å². The van der Waals surface area contributed by atoms with E-state index in [9.17, 15) is 14.4 Å². The van der Waals surface area contributed by atoms with Crippen LogP contribution in [-0.2, 0) is 16.0 Å². The molecule has 2 aliphatic heterocycles. The molecule has 0 bridgehead atoms. The number of nitrogens with one attached hydrogen (secondary N) is 2. The van der Waals surface area contributed by atoms with Crippen molar-refractivity contribution in [2.45, 2.75) is 25.7 Å². The van der Waals surface area contributed by atoms with Crippen LogP contribution in [-0.4, -0.2) is 24.3 Å². The predicted molar refractivity (Wildman–Crippen MR) is 104 cm³/mol. The van der Waals surface area contributed by atoms with Crippen LogP contribution >= 0.6 is 11.6 Å². The largest absolute Gasteiger partial charge is 0.326 e. The molecule has 0 spiro atoms. The highest BCUT2D eigenvalue weighted by molar-refractivity contribution is 6.31. The summed E-state index contributed by atoms with van der Waals surface area (Å²) >= 11 is 6.09. The van der Waals surface area contributed by atoms with E-state index in [1.807, 2.05) is 6.07 Å². The van der Waals surface area contributed by atoms with Crippen molar-refractivity contribution in [3.63, 3.8) is 0 Å². The number of rotatable bonds is 3. The molecule has 0 aromatic heterocycles. The molecule has 0 saturated carbocycles. The van der Waals surface area contributed by atoms with E-state index >= 15 is 0 Å². The summed E-state index contributed by atoms with van der Waals surface area (Å²) in [4.78, 5) is 38.1. The van der Waals surface area contributed by atoms with Gasteiger partial charge in [-0.05, 0) is 54.8 Å². The summed E-state index contributed by atoms with van der Waals surface area (Å²) in [6.45, 7) is 0.581. The third-order valence-electron chi connectivity index (χ3n) is 4.83. The lowest BCUT2D eigenvalue weighted by molar-refractivity contribution is -0.117. The Labute approximate surface area is 161 Å². The summed E-state index contributed by atoms with van der Waals surface area (Å²) < 4.78 is 0. The van der Waals surface area contributed by atoms with Gasteiger partial charge in [0.1, 0.15) is 0 Å². The van der Waals surface area contributed by atoms with Gasteiger partial charge in [-0.3, -0.25) is 14.4 Å². The lowest BCUT2D eigenvalue weighted by Gasteiger charge is -2.20. The predicted octanol–water partition coefficient (Wildman–Crippen LogP) is 3.60. The van der Waals surface area contributed by atoms with Crippen LogP contribution in [0.2, 0.25) is 5.02 Å². The fourth-order valence-electron chi connectivity index (χ4n) is 3.48. The summed E-state index contributed by atoms with van der Waals surface area (Å²) in [6, 6.07) is 10.3. The van der Waals surface area contributed by atoms with Crippen molar-refractivity contribution in [3.8, 4) is 0 Å². The van der Waals surface area contributed by atoms with Crippen molar-refractivity contribution in [1.29, 1.82) is 0 Å². The molecule has 138 valence electrons. The molecular weight excluding hydrogens is 366 g/mol. The average molecular weight is 384 g/mol. The first kappa shape index (κ1) is 17.5. The van der Waals surface area contributed by atoms with Crippen LogP contribution < -0.4 is 15.5 Å². The standard InChI is InChI=1S/C20H18ClN3O3/c21-13-4-6-15(17(11-13)24-9-1-2-19(24)26)20(27)22-14-5-7-16-12(10-14)3-8-18(25)23-16/h4-7,10-11H,1-3,8-9H2,(H,22,27)(H,23,25). The molecule has 27 heavy (non-hydrogen) atoms. The summed E-state index contributed by atoms with van der Waals surface area (Å²) in [5.74, 6) is -0.308. The van der Waals surface area contributed by atoms with E-state index in [0.29, 0.717) is 47.8 Å². The third kappa shape index (κ3) is 3.53. The summed E-state index contributed by atoms with van der Waals surface area (Å²) in [5, 5.41) is 6.18. The second-order valence-corrected chi connectivity index (χ2v) is 7.12. The Balaban J connectivity index is 1.60. The fourth-order valence-corrected chi connectivity index (χ4v) is 3.65. The minimum Gasteiger partial charge on any atom is -0.326 e. The summed E-state index contributed by atoms with van der Waals surface area (Å²) in [7, 11) is 0. The topological polar surface area (TPSA) is 78.5 Å². The van der Waals surface area contributed by atoms with Crippen molar-refractivity contribution in [1.82, 2.24) is 0 Å². The van der Waals surface area contributed by atoms with Gasteiger partial charge in [0.25, 0.3) is 5.91 Å². The van der Waals surface area contributed by atoms with Gasteiger partial charge in [0.2, 0.25) is 11.8 Å². The molecule has 0 radical (unpaired) electrons. The number of carbonyl (C=O) groups excluding carboxylic acids is 3. The van der Waals surface area contributed by atoms with Crippen LogP contribution in [0.1, 0.15) is 35.2 Å². The maximum atomic E-state index is 12.9. The molecule has 2 heterocycles. The Kier molecular flexibility index (Phi) is 4.58. The summed E-state index contributed by atoms with van der Waals surface area (Å²) in [5.41, 5.74) is 3.34. The Morgan fingerprint density at radius 2 is 1.93 bits per heavy atom. The molecule has 4 rings (SSSR count). The van der Waals surface area contributed by atoms with Gasteiger partial charge in [0, 0.05) is 35.8 Å². The van der Waals surface area contributed by atoms with Gasteiger partial charge in [-0.2, -0.15) is 0 Å². The van der Waals surface area contributed by atoms with Crippen molar-refractivity contribution in [2.24, 2.45) is 0 Å². The molecule has 6 nitrogen and oxygen atoms in total. The number of anilines is 3. The third-order valence-corrected chi connectivity index (χ3v) is 5.06. The fraction of sp³-hybridized carbons (Fsp3) is 0.250. The van der Waals surface area contributed by atoms with Gasteiger partial charge in [-0.1, -0.05) is 11.6 Å². The highest BCUT2D eigenvalue weighted by Gasteiger charge is 2.26. The molecule has 2 aliphatic rings. The number of amides is 3. The van der Waals surface area contributed by atoms with Crippen LogP contribution in [0.5, 0.6) is 0 Å². The number of carbonyl (C=O) groups is 3. The molecule has 7 heteroatoms. The SMILES string of the molecule is O=C1CCc2cc(NC(=O)c3ccc(Cl)cc3N3CCCC3=O)ccc2N1. The molecule has 2 aromatic rings. The van der Waals surface area contributed by atoms with Crippen LogP contribution in [0.15, 0.2) is 36.4 Å². The van der Waals surface area contributed by atoms with E-state index in [0.717, 1.165) is 17.7 Å². The lowest BCUT2D eigenvalue weighted by Crippen LogP contribution is -2.27. The lowest BCUT2D eigenvalue weighted by atomic mass is 10.0. The Morgan fingerprint density at radius 1 is 1.07 bits per heavy atom. The number of nitrogens with zero attached hydrogens (tertiary/aromatic N) is 1. The molecule has 1 fully saturated rings. The highest BCUT2D eigenvalue weighted by atomic mass is 35.5. The first-order valence-electron chi connectivity index (χ1n) is 8.85. The number of hydrogen-bond donors (Lipinski definition) is 2. The van der Waals surface area contributed by atoms with Gasteiger partial charge in [0.15, 0.2) is 0 Å². The Morgan fingerprint density at radius 3 is 2.70 bits per heavy atom. The van der Waals surface area contributed by atoms with E-state index in [1.165, 1.54) is 0 Å². The van der Waals surface area contributed by atoms with Crippen LogP contribution in [0.3, 0.4) is 0 Å². The quantitative estimate of drug-likeness (QED) is 0.849. The van der Waals surface area contributed by atoms with Crippen LogP contribution in [0, 0.1) is 0 Å². The van der Waals surface area contributed by atoms with E-state index in [2.05, 4.69) is 10.6 Å². The van der Waals surface area contributed by atoms with Crippen molar-refractivity contribution >= 4 is 46.4 Å². The maximum Gasteiger partial charge on any atom is 0.257 e. The Hall–Kier alpha value is -2.86. The van der Waals surface area contributed by atoms with Crippen molar-refractivity contribution in [2.75, 3.05) is 22.1 Å². The van der Waals surface area contributed by atoms with Crippen molar-refractivity contribution in [3.05, 3.63) is 52.5 Å². The Bertz CT molecular complexity index is 957. The van der Waals surface area contributed by atoms with E-state index in [-0.39, 0.29) is 17.7 Å². The second kappa shape index (κ2) is 7.04. The molecule has 2 N–H and O–H groups in total. The summed E-state index contributed by atoms with van der Waals surface area (Å²) in [6.07, 6.45) is 2.31. The van der Waals surface area contributed by atoms with Crippen LogP contribution in [0.4, 0.5) is 17.1 Å². The van der Waals surface area contributed by atoms with Gasteiger partial charge in [-0.25, -0.2) is 0 Å². The average Bonchev–Trinajstić information content (AvgIpc) is 3.07. The zero-order chi connectivity index (χ0) is 19.0. The number of halogens is 1.